The third-order valence-electron chi connectivity index (χ3n) is 5.35. The second-order valence-corrected chi connectivity index (χ2v) is 6.96. The molecule has 1 unspecified atom stereocenters. The number of rotatable bonds is 5. The number of carbonyl (C=O) groups is 2. The van der Waals surface area contributed by atoms with Crippen LogP contribution in [0.15, 0.2) is 24.3 Å². The van der Waals surface area contributed by atoms with Crippen molar-refractivity contribution in [3.05, 3.63) is 29.8 Å². The average Bonchev–Trinajstić information content (AvgIpc) is 3.11. The Hall–Kier alpha value is -2.08. The number of para-hydroxylation sites is 1. The molecule has 1 atom stereocenters. The number of likely N-dealkylation sites (tertiary alicyclic amines) is 2. The molecule has 2 amide bonds. The van der Waals surface area contributed by atoms with E-state index in [0.29, 0.717) is 19.1 Å². The molecule has 3 rings (SSSR count). The average molecular weight is 345 g/mol. The smallest absolute Gasteiger partial charge is 0.260 e. The van der Waals surface area contributed by atoms with E-state index in [4.69, 9.17) is 10.5 Å². The SMILES string of the molecule is Cc1ccccc1OCC(=O)N1CCC(N2CCCC2C(N)=O)CC1. The lowest BCUT2D eigenvalue weighted by atomic mass is 10.0. The van der Waals surface area contributed by atoms with E-state index in [2.05, 4.69) is 4.90 Å². The minimum Gasteiger partial charge on any atom is -0.484 e. The van der Waals surface area contributed by atoms with Crippen molar-refractivity contribution in [2.24, 2.45) is 5.73 Å². The fourth-order valence-corrected chi connectivity index (χ4v) is 3.93. The van der Waals surface area contributed by atoms with Gasteiger partial charge < -0.3 is 15.4 Å². The molecule has 2 saturated heterocycles. The Morgan fingerprint density at radius 1 is 1.16 bits per heavy atom. The molecule has 0 aromatic heterocycles. The number of benzene rings is 1. The minimum atomic E-state index is -0.220. The van der Waals surface area contributed by atoms with Crippen molar-refractivity contribution >= 4 is 11.8 Å². The lowest BCUT2D eigenvalue weighted by molar-refractivity contribution is -0.135. The van der Waals surface area contributed by atoms with Crippen LogP contribution in [0, 0.1) is 6.92 Å². The van der Waals surface area contributed by atoms with Gasteiger partial charge in [0.1, 0.15) is 5.75 Å². The van der Waals surface area contributed by atoms with Crippen molar-refractivity contribution in [2.45, 2.75) is 44.7 Å². The molecule has 0 bridgehead atoms. The number of carbonyl (C=O) groups excluding carboxylic acids is 2. The molecule has 2 fully saturated rings. The highest BCUT2D eigenvalue weighted by atomic mass is 16.5. The van der Waals surface area contributed by atoms with Crippen LogP contribution >= 0.6 is 0 Å². The van der Waals surface area contributed by atoms with Crippen LogP contribution in [0.1, 0.15) is 31.2 Å². The minimum absolute atomic E-state index is 0.0228. The molecule has 6 heteroatoms. The summed E-state index contributed by atoms with van der Waals surface area (Å²) in [6.45, 7) is 4.40. The number of aryl methyl sites for hydroxylation is 1. The molecule has 1 aromatic carbocycles. The molecule has 0 aliphatic carbocycles. The fraction of sp³-hybridized carbons (Fsp3) is 0.579. The van der Waals surface area contributed by atoms with Crippen molar-refractivity contribution in [1.29, 1.82) is 0 Å². The molecule has 25 heavy (non-hydrogen) atoms. The van der Waals surface area contributed by atoms with Gasteiger partial charge in [-0.2, -0.15) is 0 Å². The Morgan fingerprint density at radius 3 is 2.56 bits per heavy atom. The molecule has 0 saturated carbocycles. The summed E-state index contributed by atoms with van der Waals surface area (Å²) in [6, 6.07) is 7.93. The van der Waals surface area contributed by atoms with Gasteiger partial charge in [-0.05, 0) is 50.8 Å². The molecular formula is C19H27N3O3. The van der Waals surface area contributed by atoms with Gasteiger partial charge in [0.2, 0.25) is 5.91 Å². The van der Waals surface area contributed by atoms with Crippen LogP contribution in [0.25, 0.3) is 0 Å². The summed E-state index contributed by atoms with van der Waals surface area (Å²) in [7, 11) is 0. The molecule has 0 radical (unpaired) electrons. The summed E-state index contributed by atoms with van der Waals surface area (Å²) < 4.78 is 5.66. The van der Waals surface area contributed by atoms with E-state index >= 15 is 0 Å². The van der Waals surface area contributed by atoms with Crippen LogP contribution < -0.4 is 10.5 Å². The van der Waals surface area contributed by atoms with Crippen molar-refractivity contribution in [3.8, 4) is 5.75 Å². The van der Waals surface area contributed by atoms with E-state index in [9.17, 15) is 9.59 Å². The van der Waals surface area contributed by atoms with E-state index in [1.165, 1.54) is 0 Å². The van der Waals surface area contributed by atoms with Crippen molar-refractivity contribution in [3.63, 3.8) is 0 Å². The van der Waals surface area contributed by atoms with Gasteiger partial charge in [-0.15, -0.1) is 0 Å². The molecule has 2 aliphatic rings. The Bertz CT molecular complexity index is 626. The van der Waals surface area contributed by atoms with Gasteiger partial charge >= 0.3 is 0 Å². The van der Waals surface area contributed by atoms with Crippen LogP contribution in [-0.4, -0.2) is 59.9 Å². The summed E-state index contributed by atoms with van der Waals surface area (Å²) in [6.07, 6.45) is 3.66. The van der Waals surface area contributed by atoms with Crippen molar-refractivity contribution in [1.82, 2.24) is 9.80 Å². The first-order valence-corrected chi connectivity index (χ1v) is 9.07. The number of nitrogens with two attached hydrogens (primary N) is 1. The third-order valence-corrected chi connectivity index (χ3v) is 5.35. The first-order valence-electron chi connectivity index (χ1n) is 9.07. The molecule has 136 valence electrons. The maximum atomic E-state index is 12.4. The second-order valence-electron chi connectivity index (χ2n) is 6.96. The zero-order valence-electron chi connectivity index (χ0n) is 14.8. The molecule has 6 nitrogen and oxygen atoms in total. The molecule has 0 spiro atoms. The van der Waals surface area contributed by atoms with E-state index < -0.39 is 0 Å². The van der Waals surface area contributed by atoms with E-state index in [1.807, 2.05) is 36.1 Å². The first kappa shape index (κ1) is 17.7. The topological polar surface area (TPSA) is 75.9 Å². The summed E-state index contributed by atoms with van der Waals surface area (Å²) in [5.41, 5.74) is 6.54. The Kier molecular flexibility index (Phi) is 5.58. The predicted molar refractivity (Wildman–Crippen MR) is 95.2 cm³/mol. The van der Waals surface area contributed by atoms with Gasteiger partial charge in [-0.1, -0.05) is 18.2 Å². The summed E-state index contributed by atoms with van der Waals surface area (Å²) in [4.78, 5) is 28.1. The molecule has 1 aromatic rings. The third kappa shape index (κ3) is 4.12. The normalized spacial score (nSPS) is 22.1. The van der Waals surface area contributed by atoms with Crippen LogP contribution in [0.2, 0.25) is 0 Å². The number of amides is 2. The van der Waals surface area contributed by atoms with Gasteiger partial charge in [-0.25, -0.2) is 0 Å². The number of ether oxygens (including phenoxy) is 1. The van der Waals surface area contributed by atoms with Gasteiger partial charge in [0.15, 0.2) is 6.61 Å². The van der Waals surface area contributed by atoms with Crippen molar-refractivity contribution in [2.75, 3.05) is 26.2 Å². The van der Waals surface area contributed by atoms with Crippen LogP contribution in [-0.2, 0) is 9.59 Å². The number of nitrogens with zero attached hydrogens (tertiary/aromatic N) is 2. The molecular weight excluding hydrogens is 318 g/mol. The lowest BCUT2D eigenvalue weighted by Gasteiger charge is -2.38. The highest BCUT2D eigenvalue weighted by Gasteiger charge is 2.36. The monoisotopic (exact) mass is 345 g/mol. The van der Waals surface area contributed by atoms with Crippen LogP contribution in [0.4, 0.5) is 0 Å². The Morgan fingerprint density at radius 2 is 1.88 bits per heavy atom. The van der Waals surface area contributed by atoms with Crippen LogP contribution in [0.5, 0.6) is 5.75 Å². The number of piperidine rings is 1. The standard InChI is InChI=1S/C19H27N3O3/c1-14-5-2-3-7-17(14)25-13-18(23)21-11-8-15(9-12-21)22-10-4-6-16(22)19(20)24/h2-3,5,7,15-16H,4,6,8-13H2,1H3,(H2,20,24). The molecule has 2 heterocycles. The van der Waals surface area contributed by atoms with Gasteiger partial charge in [0.05, 0.1) is 6.04 Å². The Labute approximate surface area is 148 Å². The van der Waals surface area contributed by atoms with Crippen LogP contribution in [0.3, 0.4) is 0 Å². The van der Waals surface area contributed by atoms with Gasteiger partial charge in [0.25, 0.3) is 5.91 Å². The summed E-state index contributed by atoms with van der Waals surface area (Å²) >= 11 is 0. The van der Waals surface area contributed by atoms with Crippen molar-refractivity contribution < 1.29 is 14.3 Å². The van der Waals surface area contributed by atoms with E-state index in [-0.39, 0.29) is 24.5 Å². The summed E-state index contributed by atoms with van der Waals surface area (Å²) in [5, 5.41) is 0. The zero-order chi connectivity index (χ0) is 17.8. The molecule has 2 N–H and O–H groups in total. The number of hydrogen-bond acceptors (Lipinski definition) is 4. The highest BCUT2D eigenvalue weighted by molar-refractivity contribution is 5.80. The zero-order valence-corrected chi connectivity index (χ0v) is 14.8. The number of primary amides is 1. The van der Waals surface area contributed by atoms with Gasteiger partial charge in [-0.3, -0.25) is 14.5 Å². The summed E-state index contributed by atoms with van der Waals surface area (Å²) in [5.74, 6) is 0.560. The molecule has 2 aliphatic heterocycles. The maximum Gasteiger partial charge on any atom is 0.260 e. The van der Waals surface area contributed by atoms with E-state index in [1.54, 1.807) is 0 Å². The quantitative estimate of drug-likeness (QED) is 0.873. The lowest BCUT2D eigenvalue weighted by Crippen LogP contribution is -2.51. The van der Waals surface area contributed by atoms with E-state index in [0.717, 1.165) is 43.5 Å². The highest BCUT2D eigenvalue weighted by Crippen LogP contribution is 2.26. The fourth-order valence-electron chi connectivity index (χ4n) is 3.93. The first-order chi connectivity index (χ1) is 12.1. The van der Waals surface area contributed by atoms with Gasteiger partial charge in [0, 0.05) is 19.1 Å². The predicted octanol–water partition coefficient (Wildman–Crippen LogP) is 1.31. The number of hydrogen-bond donors (Lipinski definition) is 1. The maximum absolute atomic E-state index is 12.4. The Balaban J connectivity index is 1.48. The second kappa shape index (κ2) is 7.87. The largest absolute Gasteiger partial charge is 0.484 e.